The molecule has 1 unspecified atom stereocenters. The second-order valence-electron chi connectivity index (χ2n) is 5.79. The molecule has 2 fully saturated rings. The average Bonchev–Trinajstić information content (AvgIpc) is 2.40. The van der Waals surface area contributed by atoms with Crippen molar-refractivity contribution in [1.29, 1.82) is 0 Å². The number of carbonyl (C=O) groups excluding carboxylic acids is 1. The maximum Gasteiger partial charge on any atom is 0.223 e. The Morgan fingerprint density at radius 3 is 2.40 bits per heavy atom. The Labute approximate surface area is 93.0 Å². The zero-order valence-electron chi connectivity index (χ0n) is 10.3. The van der Waals surface area contributed by atoms with Gasteiger partial charge in [-0.05, 0) is 24.2 Å². The average molecular weight is 209 g/mol. The van der Waals surface area contributed by atoms with E-state index >= 15 is 0 Å². The summed E-state index contributed by atoms with van der Waals surface area (Å²) in [6, 6.07) is 0.491. The molecule has 1 saturated heterocycles. The summed E-state index contributed by atoms with van der Waals surface area (Å²) < 4.78 is 0. The number of nitrogens with zero attached hydrogens (tertiary/aromatic N) is 1. The zero-order chi connectivity index (χ0) is 11.1. The molecule has 0 aromatic heterocycles. The number of rotatable bonds is 1. The first kappa shape index (κ1) is 11.0. The first-order valence-electron chi connectivity index (χ1n) is 6.32. The first-order valence-corrected chi connectivity index (χ1v) is 6.32. The predicted octanol–water partition coefficient (Wildman–Crippen LogP) is 2.82. The minimum absolute atomic E-state index is 0.332. The SMILES string of the molecule is CC(C)C1N(C)C(=O)CC12CCCCC2. The highest BCUT2D eigenvalue weighted by molar-refractivity contribution is 5.80. The summed E-state index contributed by atoms with van der Waals surface area (Å²) >= 11 is 0. The first-order chi connectivity index (χ1) is 7.07. The molecule has 1 saturated carbocycles. The van der Waals surface area contributed by atoms with E-state index in [-0.39, 0.29) is 0 Å². The van der Waals surface area contributed by atoms with Gasteiger partial charge >= 0.3 is 0 Å². The van der Waals surface area contributed by atoms with Crippen LogP contribution in [-0.2, 0) is 4.79 Å². The molecule has 86 valence electrons. The van der Waals surface area contributed by atoms with Gasteiger partial charge < -0.3 is 4.90 Å². The number of hydrogen-bond donors (Lipinski definition) is 0. The van der Waals surface area contributed by atoms with Crippen molar-refractivity contribution in [1.82, 2.24) is 4.90 Å². The lowest BCUT2D eigenvalue weighted by Gasteiger charge is -2.41. The molecule has 1 aliphatic heterocycles. The van der Waals surface area contributed by atoms with Crippen molar-refractivity contribution >= 4 is 5.91 Å². The van der Waals surface area contributed by atoms with E-state index in [4.69, 9.17) is 0 Å². The van der Waals surface area contributed by atoms with Crippen LogP contribution in [0.3, 0.4) is 0 Å². The molecule has 1 heterocycles. The van der Waals surface area contributed by atoms with Gasteiger partial charge in [0.15, 0.2) is 0 Å². The summed E-state index contributed by atoms with van der Waals surface area (Å²) in [5, 5.41) is 0. The van der Waals surface area contributed by atoms with Gasteiger partial charge in [0, 0.05) is 19.5 Å². The molecule has 1 aliphatic carbocycles. The minimum Gasteiger partial charge on any atom is -0.342 e. The van der Waals surface area contributed by atoms with Gasteiger partial charge in [-0.1, -0.05) is 33.1 Å². The molecule has 1 atom stereocenters. The number of carbonyl (C=O) groups is 1. The van der Waals surface area contributed by atoms with Crippen molar-refractivity contribution in [3.8, 4) is 0 Å². The molecular weight excluding hydrogens is 186 g/mol. The predicted molar refractivity (Wildman–Crippen MR) is 61.5 cm³/mol. The highest BCUT2D eigenvalue weighted by Crippen LogP contribution is 2.50. The quantitative estimate of drug-likeness (QED) is 0.650. The van der Waals surface area contributed by atoms with Crippen LogP contribution in [0.25, 0.3) is 0 Å². The molecule has 1 amide bonds. The zero-order valence-corrected chi connectivity index (χ0v) is 10.3. The number of hydrogen-bond acceptors (Lipinski definition) is 1. The van der Waals surface area contributed by atoms with Crippen LogP contribution >= 0.6 is 0 Å². The van der Waals surface area contributed by atoms with Crippen LogP contribution in [0.5, 0.6) is 0 Å². The summed E-state index contributed by atoms with van der Waals surface area (Å²) in [5.41, 5.74) is 0.332. The van der Waals surface area contributed by atoms with Gasteiger partial charge in [-0.2, -0.15) is 0 Å². The monoisotopic (exact) mass is 209 g/mol. The third-order valence-corrected chi connectivity index (χ3v) is 4.42. The van der Waals surface area contributed by atoms with Gasteiger partial charge in [0.05, 0.1) is 0 Å². The largest absolute Gasteiger partial charge is 0.342 e. The van der Waals surface area contributed by atoms with Gasteiger partial charge in [-0.25, -0.2) is 0 Å². The second kappa shape index (κ2) is 3.80. The molecule has 0 aromatic rings. The Morgan fingerprint density at radius 2 is 1.87 bits per heavy atom. The Bertz CT molecular complexity index is 253. The smallest absolute Gasteiger partial charge is 0.223 e. The lowest BCUT2D eigenvalue weighted by Crippen LogP contribution is -2.43. The van der Waals surface area contributed by atoms with Crippen LogP contribution in [0.15, 0.2) is 0 Å². The molecule has 2 heteroatoms. The van der Waals surface area contributed by atoms with Crippen LogP contribution < -0.4 is 0 Å². The Balaban J connectivity index is 2.25. The topological polar surface area (TPSA) is 20.3 Å². The van der Waals surface area contributed by atoms with Crippen LogP contribution in [-0.4, -0.2) is 23.9 Å². The summed E-state index contributed by atoms with van der Waals surface area (Å²) in [6.07, 6.45) is 7.36. The highest BCUT2D eigenvalue weighted by atomic mass is 16.2. The van der Waals surface area contributed by atoms with Crippen LogP contribution in [0.1, 0.15) is 52.4 Å². The minimum atomic E-state index is 0.332. The van der Waals surface area contributed by atoms with Crippen molar-refractivity contribution in [2.45, 2.75) is 58.4 Å². The number of likely N-dealkylation sites (tertiary alicyclic amines) is 1. The molecule has 0 radical (unpaired) electrons. The van der Waals surface area contributed by atoms with E-state index in [1.807, 2.05) is 11.9 Å². The van der Waals surface area contributed by atoms with Gasteiger partial charge in [-0.15, -0.1) is 0 Å². The van der Waals surface area contributed by atoms with E-state index in [9.17, 15) is 4.79 Å². The van der Waals surface area contributed by atoms with Gasteiger partial charge in [0.2, 0.25) is 5.91 Å². The third-order valence-electron chi connectivity index (χ3n) is 4.42. The van der Waals surface area contributed by atoms with E-state index in [0.29, 0.717) is 23.3 Å². The summed E-state index contributed by atoms with van der Waals surface area (Å²) in [4.78, 5) is 13.9. The van der Waals surface area contributed by atoms with E-state index in [1.165, 1.54) is 32.1 Å². The standard InChI is InChI=1S/C13H23NO/c1-10(2)12-13(7-5-4-6-8-13)9-11(15)14(12)3/h10,12H,4-9H2,1-3H3. The maximum atomic E-state index is 11.9. The maximum absolute atomic E-state index is 11.9. The molecule has 0 bridgehead atoms. The van der Waals surface area contributed by atoms with Crippen molar-refractivity contribution in [2.24, 2.45) is 11.3 Å². The lowest BCUT2D eigenvalue weighted by molar-refractivity contribution is -0.128. The van der Waals surface area contributed by atoms with E-state index < -0.39 is 0 Å². The molecule has 1 spiro atoms. The normalized spacial score (nSPS) is 30.5. The molecule has 2 rings (SSSR count). The number of amides is 1. The molecule has 0 N–H and O–H groups in total. The van der Waals surface area contributed by atoms with Gasteiger partial charge in [-0.3, -0.25) is 4.79 Å². The van der Waals surface area contributed by atoms with Gasteiger partial charge in [0.1, 0.15) is 0 Å². The molecular formula is C13H23NO. The summed E-state index contributed by atoms with van der Waals surface area (Å²) in [6.45, 7) is 4.52. The van der Waals surface area contributed by atoms with Crippen molar-refractivity contribution in [3.05, 3.63) is 0 Å². The Hall–Kier alpha value is -0.530. The summed E-state index contributed by atoms with van der Waals surface area (Å²) in [7, 11) is 2.00. The fourth-order valence-electron chi connectivity index (χ4n) is 3.98. The third kappa shape index (κ3) is 1.68. The van der Waals surface area contributed by atoms with Crippen molar-refractivity contribution in [2.75, 3.05) is 7.05 Å². The molecule has 2 aliphatic rings. The fourth-order valence-corrected chi connectivity index (χ4v) is 3.98. The molecule has 2 nitrogen and oxygen atoms in total. The van der Waals surface area contributed by atoms with E-state index in [2.05, 4.69) is 13.8 Å². The Morgan fingerprint density at radius 1 is 1.27 bits per heavy atom. The van der Waals surface area contributed by atoms with E-state index in [0.717, 1.165) is 6.42 Å². The Kier molecular flexibility index (Phi) is 2.78. The summed E-state index contributed by atoms with van der Waals surface area (Å²) in [5.74, 6) is 0.968. The second-order valence-corrected chi connectivity index (χ2v) is 5.79. The van der Waals surface area contributed by atoms with Crippen molar-refractivity contribution < 1.29 is 4.79 Å². The van der Waals surface area contributed by atoms with Gasteiger partial charge in [0.25, 0.3) is 0 Å². The van der Waals surface area contributed by atoms with E-state index in [1.54, 1.807) is 0 Å². The van der Waals surface area contributed by atoms with Crippen LogP contribution in [0.2, 0.25) is 0 Å². The van der Waals surface area contributed by atoms with Crippen LogP contribution in [0.4, 0.5) is 0 Å². The molecule has 0 aromatic carbocycles. The lowest BCUT2D eigenvalue weighted by atomic mass is 9.66. The fraction of sp³-hybridized carbons (Fsp3) is 0.923. The molecule has 15 heavy (non-hydrogen) atoms. The van der Waals surface area contributed by atoms with Crippen molar-refractivity contribution in [3.63, 3.8) is 0 Å². The highest BCUT2D eigenvalue weighted by Gasteiger charge is 2.51. The van der Waals surface area contributed by atoms with Crippen LogP contribution in [0, 0.1) is 11.3 Å².